The van der Waals surface area contributed by atoms with Crippen LogP contribution in [0.3, 0.4) is 0 Å². The molecule has 2 fully saturated rings. The van der Waals surface area contributed by atoms with Crippen LogP contribution in [0.2, 0.25) is 0 Å². The van der Waals surface area contributed by atoms with Crippen molar-refractivity contribution in [2.24, 2.45) is 11.7 Å². The normalized spacial score (nSPS) is 24.7. The molecule has 0 spiro atoms. The molecule has 1 heterocycles. The van der Waals surface area contributed by atoms with Crippen molar-refractivity contribution >= 4 is 15.9 Å². The monoisotopic (exact) mass is 354 g/mol. The molecule has 132 valence electrons. The SMILES string of the molecule is NC(=O)c1ccc(S(=O)(=O)N[C@@H]2COCC[C@@H]2OCC2CC2)cc1. The maximum Gasteiger partial charge on any atom is 0.248 e. The molecule has 0 radical (unpaired) electrons. The van der Waals surface area contributed by atoms with E-state index in [2.05, 4.69) is 4.72 Å². The van der Waals surface area contributed by atoms with Crippen molar-refractivity contribution in [3.8, 4) is 0 Å². The summed E-state index contributed by atoms with van der Waals surface area (Å²) in [5.74, 6) is 0.0209. The van der Waals surface area contributed by atoms with Crippen LogP contribution in [0.5, 0.6) is 0 Å². The summed E-state index contributed by atoms with van der Waals surface area (Å²) in [6.07, 6.45) is 2.86. The number of ether oxygens (including phenoxy) is 2. The number of nitrogens with one attached hydrogen (secondary N) is 1. The van der Waals surface area contributed by atoms with Gasteiger partial charge in [0.2, 0.25) is 15.9 Å². The highest BCUT2D eigenvalue weighted by Crippen LogP contribution is 2.30. The summed E-state index contributed by atoms with van der Waals surface area (Å²) in [6, 6.07) is 5.11. The van der Waals surface area contributed by atoms with Crippen LogP contribution in [0.1, 0.15) is 29.6 Å². The van der Waals surface area contributed by atoms with Crippen LogP contribution in [0, 0.1) is 5.92 Å². The lowest BCUT2D eigenvalue weighted by molar-refractivity contribution is -0.0533. The van der Waals surface area contributed by atoms with Gasteiger partial charge in [-0.2, -0.15) is 0 Å². The number of hydrogen-bond donors (Lipinski definition) is 2. The van der Waals surface area contributed by atoms with Crippen molar-refractivity contribution < 1.29 is 22.7 Å². The van der Waals surface area contributed by atoms with E-state index in [0.29, 0.717) is 25.6 Å². The number of hydrogen-bond acceptors (Lipinski definition) is 5. The van der Waals surface area contributed by atoms with E-state index >= 15 is 0 Å². The molecule has 7 nitrogen and oxygen atoms in total. The minimum absolute atomic E-state index is 0.0824. The van der Waals surface area contributed by atoms with Gasteiger partial charge in [-0.15, -0.1) is 0 Å². The van der Waals surface area contributed by atoms with Gasteiger partial charge < -0.3 is 15.2 Å². The van der Waals surface area contributed by atoms with Gasteiger partial charge in [-0.25, -0.2) is 13.1 Å². The number of benzene rings is 1. The first-order valence-corrected chi connectivity index (χ1v) is 9.55. The lowest BCUT2D eigenvalue weighted by Crippen LogP contribution is -2.50. The van der Waals surface area contributed by atoms with Gasteiger partial charge in [0.25, 0.3) is 0 Å². The van der Waals surface area contributed by atoms with Crippen molar-refractivity contribution in [3.05, 3.63) is 29.8 Å². The third-order valence-electron chi connectivity index (χ3n) is 4.29. The van der Waals surface area contributed by atoms with Gasteiger partial charge in [-0.1, -0.05) is 0 Å². The topological polar surface area (TPSA) is 108 Å². The number of sulfonamides is 1. The van der Waals surface area contributed by atoms with Gasteiger partial charge in [0.05, 0.1) is 23.6 Å². The summed E-state index contributed by atoms with van der Waals surface area (Å²) in [7, 11) is -3.72. The highest BCUT2D eigenvalue weighted by molar-refractivity contribution is 7.89. The molecule has 8 heteroatoms. The fourth-order valence-corrected chi connectivity index (χ4v) is 3.89. The third-order valence-corrected chi connectivity index (χ3v) is 5.80. The Hall–Kier alpha value is -1.48. The molecule has 1 aliphatic carbocycles. The molecule has 0 unspecified atom stereocenters. The molecule has 3 rings (SSSR count). The lowest BCUT2D eigenvalue weighted by atomic mass is 10.1. The predicted molar refractivity (Wildman–Crippen MR) is 87.0 cm³/mol. The van der Waals surface area contributed by atoms with Gasteiger partial charge in [0, 0.05) is 18.8 Å². The van der Waals surface area contributed by atoms with Crippen molar-refractivity contribution in [1.82, 2.24) is 4.72 Å². The maximum atomic E-state index is 12.5. The number of carbonyl (C=O) groups excluding carboxylic acids is 1. The molecule has 0 bridgehead atoms. The van der Waals surface area contributed by atoms with Crippen molar-refractivity contribution in [2.45, 2.75) is 36.3 Å². The Morgan fingerprint density at radius 1 is 1.25 bits per heavy atom. The number of carbonyl (C=O) groups is 1. The predicted octanol–water partition coefficient (Wildman–Crippen LogP) is 0.648. The summed E-state index contributed by atoms with van der Waals surface area (Å²) in [6.45, 7) is 1.53. The quantitative estimate of drug-likeness (QED) is 0.747. The Labute approximate surface area is 141 Å². The van der Waals surface area contributed by atoms with Gasteiger partial charge in [0.15, 0.2) is 0 Å². The lowest BCUT2D eigenvalue weighted by Gasteiger charge is -2.32. The van der Waals surface area contributed by atoms with Crippen LogP contribution in [-0.4, -0.2) is 46.3 Å². The zero-order valence-corrected chi connectivity index (χ0v) is 14.1. The number of amides is 1. The number of nitrogens with two attached hydrogens (primary N) is 1. The van der Waals surface area contributed by atoms with E-state index < -0.39 is 22.0 Å². The Kier molecular flexibility index (Phi) is 5.19. The van der Waals surface area contributed by atoms with Crippen molar-refractivity contribution in [3.63, 3.8) is 0 Å². The smallest absolute Gasteiger partial charge is 0.248 e. The van der Waals surface area contributed by atoms with Crippen molar-refractivity contribution in [1.29, 1.82) is 0 Å². The molecule has 1 amide bonds. The zero-order chi connectivity index (χ0) is 17.2. The largest absolute Gasteiger partial charge is 0.380 e. The van der Waals surface area contributed by atoms with E-state index in [1.54, 1.807) is 0 Å². The Morgan fingerprint density at radius 3 is 2.58 bits per heavy atom. The van der Waals surface area contributed by atoms with Gasteiger partial charge in [-0.05, 0) is 49.4 Å². The van der Waals surface area contributed by atoms with Crippen LogP contribution < -0.4 is 10.5 Å². The molecule has 1 aromatic carbocycles. The second-order valence-corrected chi connectivity index (χ2v) is 8.01. The average Bonchev–Trinajstić information content (AvgIpc) is 3.38. The highest BCUT2D eigenvalue weighted by Gasteiger charge is 2.32. The van der Waals surface area contributed by atoms with Crippen LogP contribution in [0.4, 0.5) is 0 Å². The Balaban J connectivity index is 1.67. The zero-order valence-electron chi connectivity index (χ0n) is 13.3. The molecule has 2 atom stereocenters. The fraction of sp³-hybridized carbons (Fsp3) is 0.562. The van der Waals surface area contributed by atoms with E-state index in [1.807, 2.05) is 0 Å². The molecule has 24 heavy (non-hydrogen) atoms. The van der Waals surface area contributed by atoms with Crippen LogP contribution in [0.25, 0.3) is 0 Å². The summed E-state index contributed by atoms with van der Waals surface area (Å²) in [5.41, 5.74) is 5.43. The Bertz CT molecular complexity index is 685. The Morgan fingerprint density at radius 2 is 1.96 bits per heavy atom. The van der Waals surface area contributed by atoms with Gasteiger partial charge in [-0.3, -0.25) is 4.79 Å². The van der Waals surface area contributed by atoms with Crippen LogP contribution in [0.15, 0.2) is 29.2 Å². The first-order chi connectivity index (χ1) is 11.5. The highest BCUT2D eigenvalue weighted by atomic mass is 32.2. The number of primary amides is 1. The van der Waals surface area contributed by atoms with E-state index in [9.17, 15) is 13.2 Å². The number of rotatable bonds is 7. The second-order valence-electron chi connectivity index (χ2n) is 6.30. The van der Waals surface area contributed by atoms with Gasteiger partial charge >= 0.3 is 0 Å². The minimum atomic E-state index is -3.72. The molecule has 1 saturated carbocycles. The molecule has 2 aliphatic rings. The first-order valence-electron chi connectivity index (χ1n) is 8.07. The maximum absolute atomic E-state index is 12.5. The van der Waals surface area contributed by atoms with E-state index in [-0.39, 0.29) is 23.2 Å². The third kappa shape index (κ3) is 4.32. The molecule has 1 aromatic rings. The van der Waals surface area contributed by atoms with E-state index in [0.717, 1.165) is 0 Å². The molecular weight excluding hydrogens is 332 g/mol. The summed E-state index contributed by atoms with van der Waals surface area (Å²) >= 11 is 0. The van der Waals surface area contributed by atoms with E-state index in [1.165, 1.54) is 37.1 Å². The minimum Gasteiger partial charge on any atom is -0.380 e. The molecule has 0 aromatic heterocycles. The molecular formula is C16H22N2O5S. The van der Waals surface area contributed by atoms with Gasteiger partial charge in [0.1, 0.15) is 0 Å². The van der Waals surface area contributed by atoms with Crippen molar-refractivity contribution in [2.75, 3.05) is 19.8 Å². The van der Waals surface area contributed by atoms with E-state index in [4.69, 9.17) is 15.2 Å². The van der Waals surface area contributed by atoms with Crippen LogP contribution in [-0.2, 0) is 19.5 Å². The second kappa shape index (κ2) is 7.18. The molecule has 3 N–H and O–H groups in total. The fourth-order valence-electron chi connectivity index (χ4n) is 2.64. The standard InChI is InChI=1S/C16H22N2O5S/c17-16(19)12-3-5-13(6-4-12)24(20,21)18-14-10-22-8-7-15(14)23-9-11-1-2-11/h3-6,11,14-15,18H,1-2,7-10H2,(H2,17,19)/t14-,15+/m1/s1. The summed E-state index contributed by atoms with van der Waals surface area (Å²) in [4.78, 5) is 11.2. The first kappa shape index (κ1) is 17.3. The van der Waals surface area contributed by atoms with Crippen LogP contribution >= 0.6 is 0 Å². The summed E-state index contributed by atoms with van der Waals surface area (Å²) in [5, 5.41) is 0. The molecule has 1 aliphatic heterocycles. The summed E-state index contributed by atoms with van der Waals surface area (Å²) < 4.78 is 39.0. The average molecular weight is 354 g/mol. The molecule has 1 saturated heterocycles.